The number of aromatic nitrogens is 6. The summed E-state index contributed by atoms with van der Waals surface area (Å²) in [4.78, 5) is 31.2. The van der Waals surface area contributed by atoms with Gasteiger partial charge in [-0.1, -0.05) is 206 Å². The number of nitrogens with zero attached hydrogens (tertiary/aromatic N) is 6. The third-order valence-corrected chi connectivity index (χ3v) is 13.5. The Morgan fingerprint density at radius 1 is 0.282 bits per heavy atom. The fourth-order valence-electron chi connectivity index (χ4n) is 9.84. The van der Waals surface area contributed by atoms with Gasteiger partial charge in [0.1, 0.15) is 5.75 Å². The third-order valence-electron chi connectivity index (χ3n) is 13.5. The van der Waals surface area contributed by atoms with Crippen molar-refractivity contribution < 1.29 is 4.74 Å². The van der Waals surface area contributed by atoms with Gasteiger partial charge in [-0.25, -0.2) is 29.9 Å². The van der Waals surface area contributed by atoms with Crippen LogP contribution in [0.3, 0.4) is 0 Å². The molecule has 0 N–H and O–H groups in total. The van der Waals surface area contributed by atoms with Crippen molar-refractivity contribution in [2.45, 2.75) is 12.5 Å². The molecule has 334 valence electrons. The zero-order chi connectivity index (χ0) is 47.3. The molecule has 1 unspecified atom stereocenters. The lowest BCUT2D eigenvalue weighted by atomic mass is 9.80. The van der Waals surface area contributed by atoms with E-state index in [0.717, 1.165) is 94.1 Å². The van der Waals surface area contributed by atoms with Crippen LogP contribution >= 0.6 is 0 Å². The number of hydrogen-bond acceptors (Lipinski definition) is 7. The molecule has 0 fully saturated rings. The van der Waals surface area contributed by atoms with Crippen LogP contribution in [0.4, 0.5) is 0 Å². The molecule has 10 aromatic carbocycles. The van der Waals surface area contributed by atoms with Crippen LogP contribution in [0, 0.1) is 0 Å². The van der Waals surface area contributed by atoms with Gasteiger partial charge in [-0.15, -0.1) is 0 Å². The SMILES string of the molecule is CC1(c2ccccc2)Oc2cc(-c3cc(-c4nc(-c5ccc6ccccc6c5)nc(-c5ccc6ccccc6c5)n4)ccc3-c3nc(-c4ccccc4)nc(-c4ccccc4)n3)ccc2-c2ccccc21. The first-order chi connectivity index (χ1) is 35.0. The molecule has 0 amide bonds. The first-order valence-electron chi connectivity index (χ1n) is 23.8. The van der Waals surface area contributed by atoms with Gasteiger partial charge in [0.05, 0.1) is 0 Å². The summed E-state index contributed by atoms with van der Waals surface area (Å²) in [5.41, 5.74) is 10.5. The van der Waals surface area contributed by atoms with E-state index in [-0.39, 0.29) is 0 Å². The molecule has 13 rings (SSSR count). The molecule has 1 aliphatic rings. The minimum Gasteiger partial charge on any atom is -0.477 e. The quantitative estimate of drug-likeness (QED) is 0.150. The van der Waals surface area contributed by atoms with Crippen molar-refractivity contribution >= 4 is 21.5 Å². The molecule has 7 nitrogen and oxygen atoms in total. The average molecular weight is 911 g/mol. The summed E-state index contributed by atoms with van der Waals surface area (Å²) in [5.74, 6) is 4.14. The number of fused-ring (bicyclic) bond motifs is 5. The van der Waals surface area contributed by atoms with Crippen molar-refractivity contribution in [3.05, 3.63) is 248 Å². The van der Waals surface area contributed by atoms with Crippen LogP contribution in [0.2, 0.25) is 0 Å². The minimum absolute atomic E-state index is 0.529. The van der Waals surface area contributed by atoms with Crippen LogP contribution in [0.15, 0.2) is 237 Å². The molecule has 7 heteroatoms. The second kappa shape index (κ2) is 17.3. The largest absolute Gasteiger partial charge is 0.477 e. The molecule has 0 saturated heterocycles. The molecule has 0 bridgehead atoms. The molecule has 0 spiro atoms. The molecule has 12 aromatic rings. The van der Waals surface area contributed by atoms with Crippen molar-refractivity contribution in [1.29, 1.82) is 0 Å². The van der Waals surface area contributed by atoms with E-state index in [2.05, 4.69) is 177 Å². The van der Waals surface area contributed by atoms with Crippen molar-refractivity contribution in [3.63, 3.8) is 0 Å². The van der Waals surface area contributed by atoms with Crippen molar-refractivity contribution in [1.82, 2.24) is 29.9 Å². The monoisotopic (exact) mass is 910 g/mol. The topological polar surface area (TPSA) is 86.6 Å². The standard InChI is InChI=1S/C64H42N6O/c1-64(51-25-9-4-10-26-51)56-28-16-15-27-52(56)53-35-33-47(40-57(53)71-64)55-39-50(34-36-54(55)63-69-58(43-19-5-2-6-20-43)65-59(70-63)44-21-7-3-8-22-44)62-67-60(48-31-29-41-17-11-13-23-45(41)37-48)66-61(68-62)49-32-30-42-18-12-14-24-46(42)38-49/h2-40H,1H3. The van der Waals surface area contributed by atoms with Crippen LogP contribution in [0.25, 0.3) is 112 Å². The molecule has 1 atom stereocenters. The predicted molar refractivity (Wildman–Crippen MR) is 285 cm³/mol. The van der Waals surface area contributed by atoms with E-state index < -0.39 is 5.60 Å². The second-order valence-corrected chi connectivity index (χ2v) is 18.0. The highest BCUT2D eigenvalue weighted by atomic mass is 16.5. The lowest BCUT2D eigenvalue weighted by molar-refractivity contribution is 0.129. The second-order valence-electron chi connectivity index (χ2n) is 18.0. The van der Waals surface area contributed by atoms with E-state index in [4.69, 9.17) is 34.6 Å². The molecule has 3 heterocycles. The summed E-state index contributed by atoms with van der Waals surface area (Å²) >= 11 is 0. The van der Waals surface area contributed by atoms with Crippen LogP contribution in [0.1, 0.15) is 18.1 Å². The summed E-state index contributed by atoms with van der Waals surface area (Å²) < 4.78 is 7.22. The average Bonchev–Trinajstić information content (AvgIpc) is 3.45. The van der Waals surface area contributed by atoms with Crippen LogP contribution in [-0.4, -0.2) is 29.9 Å². The number of rotatable bonds is 8. The van der Waals surface area contributed by atoms with Crippen LogP contribution in [-0.2, 0) is 5.60 Å². The molecule has 2 aromatic heterocycles. The molecule has 0 saturated carbocycles. The fraction of sp³-hybridized carbons (Fsp3) is 0.0312. The number of hydrogen-bond donors (Lipinski definition) is 0. The van der Waals surface area contributed by atoms with Gasteiger partial charge in [-0.3, -0.25) is 0 Å². The molecule has 0 aliphatic carbocycles. The van der Waals surface area contributed by atoms with Gasteiger partial charge in [-0.2, -0.15) is 0 Å². The third kappa shape index (κ3) is 7.66. The summed E-state index contributed by atoms with van der Waals surface area (Å²) in [6.45, 7) is 2.16. The zero-order valence-corrected chi connectivity index (χ0v) is 38.6. The van der Waals surface area contributed by atoms with Gasteiger partial charge in [0.15, 0.2) is 40.5 Å². The van der Waals surface area contributed by atoms with Crippen LogP contribution < -0.4 is 4.74 Å². The maximum atomic E-state index is 7.22. The first kappa shape index (κ1) is 41.7. The lowest BCUT2D eigenvalue weighted by Crippen LogP contribution is -2.34. The lowest BCUT2D eigenvalue weighted by Gasteiger charge is -2.38. The maximum absolute atomic E-state index is 7.22. The zero-order valence-electron chi connectivity index (χ0n) is 38.6. The van der Waals surface area contributed by atoms with Gasteiger partial charge in [0, 0.05) is 44.5 Å². The maximum Gasteiger partial charge on any atom is 0.164 e. The Balaban J connectivity index is 1.04. The van der Waals surface area contributed by atoms with Gasteiger partial charge in [0.25, 0.3) is 0 Å². The van der Waals surface area contributed by atoms with Gasteiger partial charge >= 0.3 is 0 Å². The Labute approximate surface area is 410 Å². The van der Waals surface area contributed by atoms with Crippen molar-refractivity contribution in [3.8, 4) is 96.3 Å². The first-order valence-corrected chi connectivity index (χ1v) is 23.8. The van der Waals surface area contributed by atoms with Gasteiger partial charge in [-0.05, 0) is 81.1 Å². The normalized spacial score (nSPS) is 13.9. The van der Waals surface area contributed by atoms with Crippen molar-refractivity contribution in [2.75, 3.05) is 0 Å². The van der Waals surface area contributed by atoms with E-state index in [1.165, 1.54) is 0 Å². The summed E-state index contributed by atoms with van der Waals surface area (Å²) in [5, 5.41) is 4.50. The Morgan fingerprint density at radius 2 is 0.704 bits per heavy atom. The highest BCUT2D eigenvalue weighted by Gasteiger charge is 2.38. The molecule has 71 heavy (non-hydrogen) atoms. The van der Waals surface area contributed by atoms with Crippen LogP contribution in [0.5, 0.6) is 5.75 Å². The summed E-state index contributed by atoms with van der Waals surface area (Å²) in [6.07, 6.45) is 0. The molecule has 1 aliphatic heterocycles. The van der Waals surface area contributed by atoms with E-state index >= 15 is 0 Å². The highest BCUT2D eigenvalue weighted by Crippen LogP contribution is 2.50. The van der Waals surface area contributed by atoms with E-state index in [0.29, 0.717) is 34.9 Å². The van der Waals surface area contributed by atoms with E-state index in [9.17, 15) is 0 Å². The predicted octanol–water partition coefficient (Wildman–Crippen LogP) is 15.4. The number of ether oxygens (including phenoxy) is 1. The minimum atomic E-state index is -0.749. The Morgan fingerprint density at radius 3 is 1.28 bits per heavy atom. The number of benzene rings is 10. The summed E-state index contributed by atoms with van der Waals surface area (Å²) in [7, 11) is 0. The van der Waals surface area contributed by atoms with Gasteiger partial charge in [0.2, 0.25) is 0 Å². The smallest absolute Gasteiger partial charge is 0.164 e. The molecular weight excluding hydrogens is 869 g/mol. The Bertz CT molecular complexity index is 3840. The summed E-state index contributed by atoms with van der Waals surface area (Å²) in [6, 6.07) is 81.3. The van der Waals surface area contributed by atoms with E-state index in [1.54, 1.807) is 0 Å². The van der Waals surface area contributed by atoms with Crippen molar-refractivity contribution in [2.24, 2.45) is 0 Å². The molecular formula is C64H42N6O. The Kier molecular flexibility index (Phi) is 10.1. The Hall–Kier alpha value is -9.46. The van der Waals surface area contributed by atoms with E-state index in [1.807, 2.05) is 66.7 Å². The molecule has 0 radical (unpaired) electrons. The van der Waals surface area contributed by atoms with Gasteiger partial charge < -0.3 is 4.74 Å². The highest BCUT2D eigenvalue weighted by molar-refractivity contribution is 5.91. The fourth-order valence-corrected chi connectivity index (χ4v) is 9.84.